The minimum atomic E-state index is 0.488. The first-order valence-electron chi connectivity index (χ1n) is 4.28. The van der Waals surface area contributed by atoms with Crippen LogP contribution >= 0.6 is 0 Å². The van der Waals surface area contributed by atoms with E-state index in [0.29, 0.717) is 5.69 Å². The molecule has 0 aliphatic rings. The Hall–Kier alpha value is -1.64. The molecule has 0 atom stereocenters. The van der Waals surface area contributed by atoms with E-state index in [9.17, 15) is 4.91 Å². The molecule has 2 aromatic rings. The highest BCUT2D eigenvalue weighted by Crippen LogP contribution is 2.23. The summed E-state index contributed by atoms with van der Waals surface area (Å²) in [5.74, 6) is 0. The van der Waals surface area contributed by atoms with Gasteiger partial charge in [-0.2, -0.15) is 0 Å². The number of aromatic nitrogens is 1. The highest BCUT2D eigenvalue weighted by molar-refractivity contribution is 5.85. The van der Waals surface area contributed by atoms with Crippen LogP contribution in [-0.2, 0) is 6.42 Å². The Morgan fingerprint density at radius 2 is 2.31 bits per heavy atom. The lowest BCUT2D eigenvalue weighted by Gasteiger charge is -1.93. The average molecular weight is 174 g/mol. The van der Waals surface area contributed by atoms with E-state index in [2.05, 4.69) is 17.1 Å². The molecule has 0 saturated heterocycles. The Morgan fingerprint density at radius 3 is 3.00 bits per heavy atom. The van der Waals surface area contributed by atoms with Crippen molar-refractivity contribution < 1.29 is 0 Å². The van der Waals surface area contributed by atoms with E-state index in [1.807, 2.05) is 18.3 Å². The summed E-state index contributed by atoms with van der Waals surface area (Å²) < 4.78 is 0. The third-order valence-corrected chi connectivity index (χ3v) is 2.24. The summed E-state index contributed by atoms with van der Waals surface area (Å²) in [6.45, 7) is 2.09. The highest BCUT2D eigenvalue weighted by atomic mass is 16.3. The lowest BCUT2D eigenvalue weighted by Crippen LogP contribution is -1.74. The summed E-state index contributed by atoms with van der Waals surface area (Å²) >= 11 is 0. The normalized spacial score (nSPS) is 10.5. The van der Waals surface area contributed by atoms with Crippen LogP contribution in [0, 0.1) is 4.91 Å². The second-order valence-corrected chi connectivity index (χ2v) is 2.99. The largest absolute Gasteiger partial charge is 0.361 e. The fourth-order valence-corrected chi connectivity index (χ4v) is 1.52. The predicted octanol–water partition coefficient (Wildman–Crippen LogP) is 3.13. The summed E-state index contributed by atoms with van der Waals surface area (Å²) in [4.78, 5) is 13.5. The second-order valence-electron chi connectivity index (χ2n) is 2.99. The number of nitrogens with zero attached hydrogens (tertiary/aromatic N) is 1. The van der Waals surface area contributed by atoms with Gasteiger partial charge in [-0.25, -0.2) is 0 Å². The first-order valence-corrected chi connectivity index (χ1v) is 4.28. The SMILES string of the molecule is CCc1c[nH]c2ccc(N=O)cc12. The maximum Gasteiger partial charge on any atom is 0.108 e. The van der Waals surface area contributed by atoms with Gasteiger partial charge in [0.2, 0.25) is 0 Å². The van der Waals surface area contributed by atoms with Crippen LogP contribution in [0.15, 0.2) is 29.6 Å². The molecule has 66 valence electrons. The molecule has 0 amide bonds. The van der Waals surface area contributed by atoms with Crippen LogP contribution in [-0.4, -0.2) is 4.98 Å². The molecule has 1 aromatic heterocycles. The number of H-pyrrole nitrogens is 1. The number of nitroso groups, excluding NO2 is 1. The zero-order chi connectivity index (χ0) is 9.26. The number of rotatable bonds is 2. The van der Waals surface area contributed by atoms with Crippen molar-refractivity contribution in [3.63, 3.8) is 0 Å². The van der Waals surface area contributed by atoms with E-state index in [1.54, 1.807) is 6.07 Å². The van der Waals surface area contributed by atoms with E-state index < -0.39 is 0 Å². The minimum Gasteiger partial charge on any atom is -0.361 e. The summed E-state index contributed by atoms with van der Waals surface area (Å²) in [6, 6.07) is 5.41. The molecule has 0 radical (unpaired) electrons. The van der Waals surface area contributed by atoms with Gasteiger partial charge in [0.05, 0.1) is 0 Å². The fraction of sp³-hybridized carbons (Fsp3) is 0.200. The Kier molecular flexibility index (Phi) is 1.85. The van der Waals surface area contributed by atoms with Crippen molar-refractivity contribution in [2.75, 3.05) is 0 Å². The third kappa shape index (κ3) is 1.22. The molecular weight excluding hydrogens is 164 g/mol. The van der Waals surface area contributed by atoms with Crippen LogP contribution in [0.5, 0.6) is 0 Å². The van der Waals surface area contributed by atoms with Crippen molar-refractivity contribution >= 4 is 16.6 Å². The van der Waals surface area contributed by atoms with Crippen molar-refractivity contribution in [1.82, 2.24) is 4.98 Å². The van der Waals surface area contributed by atoms with Crippen molar-refractivity contribution in [1.29, 1.82) is 0 Å². The number of aryl methyl sites for hydroxylation is 1. The number of aromatic amines is 1. The molecule has 3 heteroatoms. The van der Waals surface area contributed by atoms with Crippen LogP contribution in [0.4, 0.5) is 5.69 Å². The van der Waals surface area contributed by atoms with Gasteiger partial charge in [0.15, 0.2) is 0 Å². The molecule has 13 heavy (non-hydrogen) atoms. The number of fused-ring (bicyclic) bond motifs is 1. The molecule has 0 aliphatic heterocycles. The van der Waals surface area contributed by atoms with Gasteiger partial charge in [0, 0.05) is 17.1 Å². The molecule has 0 saturated carbocycles. The first kappa shape index (κ1) is 7.98. The number of nitrogens with one attached hydrogen (secondary N) is 1. The molecule has 1 aromatic carbocycles. The van der Waals surface area contributed by atoms with Crippen LogP contribution in [0.25, 0.3) is 10.9 Å². The molecule has 0 bridgehead atoms. The topological polar surface area (TPSA) is 45.2 Å². The van der Waals surface area contributed by atoms with Crippen molar-refractivity contribution in [3.05, 3.63) is 34.9 Å². The minimum absolute atomic E-state index is 0.488. The lowest BCUT2D eigenvalue weighted by atomic mass is 10.1. The Morgan fingerprint density at radius 1 is 1.46 bits per heavy atom. The van der Waals surface area contributed by atoms with Gasteiger partial charge in [-0.3, -0.25) is 0 Å². The smallest absolute Gasteiger partial charge is 0.108 e. The van der Waals surface area contributed by atoms with E-state index >= 15 is 0 Å². The highest BCUT2D eigenvalue weighted by Gasteiger charge is 2.02. The van der Waals surface area contributed by atoms with E-state index in [0.717, 1.165) is 17.3 Å². The summed E-state index contributed by atoms with van der Waals surface area (Å²) in [7, 11) is 0. The van der Waals surface area contributed by atoms with Crippen LogP contribution in [0.2, 0.25) is 0 Å². The molecular formula is C10H10N2O. The van der Waals surface area contributed by atoms with E-state index in [4.69, 9.17) is 0 Å². The Bertz CT molecular complexity index is 445. The summed E-state index contributed by atoms with van der Waals surface area (Å²) in [5.41, 5.74) is 2.77. The first-order chi connectivity index (χ1) is 6.35. The standard InChI is InChI=1S/C10H10N2O/c1-2-7-6-11-10-4-3-8(12-13)5-9(7)10/h3-6,11H,2H2,1H3. The zero-order valence-electron chi connectivity index (χ0n) is 7.37. The van der Waals surface area contributed by atoms with Gasteiger partial charge < -0.3 is 4.98 Å². The van der Waals surface area contributed by atoms with Crippen LogP contribution in [0.3, 0.4) is 0 Å². The van der Waals surface area contributed by atoms with Crippen molar-refractivity contribution in [2.45, 2.75) is 13.3 Å². The Balaban J connectivity index is 2.71. The van der Waals surface area contributed by atoms with Gasteiger partial charge in [-0.15, -0.1) is 4.91 Å². The van der Waals surface area contributed by atoms with Crippen LogP contribution < -0.4 is 0 Å². The van der Waals surface area contributed by atoms with Gasteiger partial charge in [0.25, 0.3) is 0 Å². The monoisotopic (exact) mass is 174 g/mol. The Labute approximate surface area is 75.7 Å². The molecule has 2 rings (SSSR count). The van der Waals surface area contributed by atoms with Gasteiger partial charge in [-0.05, 0) is 35.4 Å². The van der Waals surface area contributed by atoms with Gasteiger partial charge in [-0.1, -0.05) is 6.92 Å². The quantitative estimate of drug-likeness (QED) is 0.698. The molecule has 0 aliphatic carbocycles. The predicted molar refractivity (Wildman–Crippen MR) is 53.1 cm³/mol. The van der Waals surface area contributed by atoms with Crippen molar-refractivity contribution in [2.24, 2.45) is 5.18 Å². The second kappa shape index (κ2) is 3.01. The van der Waals surface area contributed by atoms with Gasteiger partial charge >= 0.3 is 0 Å². The van der Waals surface area contributed by atoms with Crippen LogP contribution in [0.1, 0.15) is 12.5 Å². The fourth-order valence-electron chi connectivity index (χ4n) is 1.52. The number of hydrogen-bond donors (Lipinski definition) is 1. The summed E-state index contributed by atoms with van der Waals surface area (Å²) in [5, 5.41) is 4.01. The molecule has 1 N–H and O–H groups in total. The summed E-state index contributed by atoms with van der Waals surface area (Å²) in [6.07, 6.45) is 2.93. The molecule has 3 nitrogen and oxygen atoms in total. The number of hydrogen-bond acceptors (Lipinski definition) is 2. The third-order valence-electron chi connectivity index (χ3n) is 2.24. The molecule has 0 fully saturated rings. The number of benzene rings is 1. The van der Waals surface area contributed by atoms with E-state index in [-0.39, 0.29) is 0 Å². The average Bonchev–Trinajstić information content (AvgIpc) is 2.59. The van der Waals surface area contributed by atoms with E-state index in [1.165, 1.54) is 5.56 Å². The molecule has 0 unspecified atom stereocenters. The maximum absolute atomic E-state index is 10.3. The van der Waals surface area contributed by atoms with Crippen molar-refractivity contribution in [3.8, 4) is 0 Å². The zero-order valence-corrected chi connectivity index (χ0v) is 7.37. The maximum atomic E-state index is 10.3. The van der Waals surface area contributed by atoms with Gasteiger partial charge in [0.1, 0.15) is 5.69 Å². The molecule has 0 spiro atoms. The lowest BCUT2D eigenvalue weighted by molar-refractivity contribution is 1.15. The molecule has 1 heterocycles.